The van der Waals surface area contributed by atoms with Gasteiger partial charge in [-0.05, 0) is 47.3 Å². The fourth-order valence-electron chi connectivity index (χ4n) is 6.58. The predicted molar refractivity (Wildman–Crippen MR) is 68.1 cm³/mol. The summed E-state index contributed by atoms with van der Waals surface area (Å²) < 4.78 is 9.89. The Kier molecular flexibility index (Phi) is 1.77. The number of carbonyl (C=O) groups excluding carboxylic acids is 2. The lowest BCUT2D eigenvalue weighted by atomic mass is 9.71. The summed E-state index contributed by atoms with van der Waals surface area (Å²) in [4.78, 5) is 24.4. The Morgan fingerprint density at radius 2 is 1.25 bits per heavy atom. The van der Waals surface area contributed by atoms with Gasteiger partial charge in [-0.15, -0.1) is 0 Å². The fraction of sp³-hybridized carbons (Fsp3) is 0.625. The zero-order valence-corrected chi connectivity index (χ0v) is 11.4. The first-order valence-corrected chi connectivity index (χ1v) is 7.29. The van der Waals surface area contributed by atoms with E-state index in [1.54, 1.807) is 0 Å². The van der Waals surface area contributed by atoms with Gasteiger partial charge in [0.25, 0.3) is 0 Å². The van der Waals surface area contributed by atoms with E-state index in [1.165, 1.54) is 14.2 Å². The molecule has 0 spiro atoms. The van der Waals surface area contributed by atoms with Crippen LogP contribution in [0.15, 0.2) is 23.3 Å². The molecule has 4 fully saturated rings. The minimum Gasteiger partial charge on any atom is -0.466 e. The number of rotatable bonds is 2. The summed E-state index contributed by atoms with van der Waals surface area (Å²) >= 11 is 0. The molecule has 104 valence electrons. The molecule has 0 aromatic heterocycles. The minimum atomic E-state index is -0.325. The van der Waals surface area contributed by atoms with Crippen molar-refractivity contribution in [3.63, 3.8) is 0 Å². The van der Waals surface area contributed by atoms with Crippen LogP contribution in [0.25, 0.3) is 0 Å². The van der Waals surface area contributed by atoms with Crippen LogP contribution in [-0.4, -0.2) is 26.2 Å². The van der Waals surface area contributed by atoms with Gasteiger partial charge in [-0.3, -0.25) is 0 Å². The van der Waals surface area contributed by atoms with Gasteiger partial charge in [0.1, 0.15) is 0 Å². The number of allylic oxidation sites excluding steroid dienone is 2. The standard InChI is InChI=1S/C16H16O4/c1-19-15(17)13-11-8-5-3-4-6-7(5)10(11)12(9(6)8)14(13)16(18)20-2/h3-12H,1-2H3/t5-,6-,7?,8-,9+,10?,11-,12+/m1/s1. The van der Waals surface area contributed by atoms with E-state index in [1.807, 2.05) is 0 Å². The molecule has 8 bridgehead atoms. The molecule has 0 aliphatic heterocycles. The third kappa shape index (κ3) is 0.859. The highest BCUT2D eigenvalue weighted by Gasteiger charge is 2.79. The smallest absolute Gasteiger partial charge is 0.334 e. The van der Waals surface area contributed by atoms with Gasteiger partial charge in [0.15, 0.2) is 0 Å². The third-order valence-electron chi connectivity index (χ3n) is 6.65. The number of carbonyl (C=O) groups is 2. The first-order valence-electron chi connectivity index (χ1n) is 7.29. The molecule has 4 nitrogen and oxygen atoms in total. The number of hydrogen-bond acceptors (Lipinski definition) is 4. The second-order valence-electron chi connectivity index (χ2n) is 6.71. The van der Waals surface area contributed by atoms with E-state index in [0.29, 0.717) is 46.7 Å². The molecular weight excluding hydrogens is 256 g/mol. The van der Waals surface area contributed by atoms with Gasteiger partial charge < -0.3 is 9.47 Å². The van der Waals surface area contributed by atoms with E-state index in [9.17, 15) is 9.59 Å². The van der Waals surface area contributed by atoms with Gasteiger partial charge in [0, 0.05) is 0 Å². The van der Waals surface area contributed by atoms with E-state index in [2.05, 4.69) is 12.2 Å². The zero-order valence-electron chi connectivity index (χ0n) is 11.4. The van der Waals surface area contributed by atoms with E-state index in [0.717, 1.165) is 0 Å². The maximum absolute atomic E-state index is 12.2. The van der Waals surface area contributed by atoms with E-state index < -0.39 is 0 Å². The summed E-state index contributed by atoms with van der Waals surface area (Å²) in [6.07, 6.45) is 4.69. The summed E-state index contributed by atoms with van der Waals surface area (Å²) in [5, 5.41) is 0. The van der Waals surface area contributed by atoms with Gasteiger partial charge in [-0.1, -0.05) is 12.2 Å². The summed E-state index contributed by atoms with van der Waals surface area (Å²) in [5.41, 5.74) is 1.27. The first-order chi connectivity index (χ1) is 9.70. The van der Waals surface area contributed by atoms with Crippen molar-refractivity contribution in [3.8, 4) is 0 Å². The maximum Gasteiger partial charge on any atom is 0.334 e. The number of ether oxygens (including phenoxy) is 2. The van der Waals surface area contributed by atoms with Crippen LogP contribution in [0.4, 0.5) is 0 Å². The molecule has 6 aliphatic carbocycles. The molecule has 2 unspecified atom stereocenters. The number of methoxy groups -OCH3 is 2. The Labute approximate surface area is 116 Å². The Hall–Kier alpha value is -1.58. The zero-order chi connectivity index (χ0) is 13.8. The average molecular weight is 272 g/mol. The van der Waals surface area contributed by atoms with Crippen LogP contribution in [0.2, 0.25) is 0 Å². The molecule has 20 heavy (non-hydrogen) atoms. The molecule has 6 aliphatic rings. The van der Waals surface area contributed by atoms with Crippen LogP contribution in [0.1, 0.15) is 0 Å². The van der Waals surface area contributed by atoms with Gasteiger partial charge in [0.2, 0.25) is 0 Å². The highest BCUT2D eigenvalue weighted by atomic mass is 16.5. The van der Waals surface area contributed by atoms with Crippen molar-refractivity contribution in [2.75, 3.05) is 14.2 Å². The van der Waals surface area contributed by atoms with Crippen molar-refractivity contribution >= 4 is 11.9 Å². The highest BCUT2D eigenvalue weighted by Crippen LogP contribution is 2.81. The topological polar surface area (TPSA) is 52.6 Å². The quantitative estimate of drug-likeness (QED) is 0.559. The lowest BCUT2D eigenvalue weighted by molar-refractivity contribution is -0.140. The van der Waals surface area contributed by atoms with Crippen molar-refractivity contribution in [3.05, 3.63) is 23.3 Å². The molecule has 4 heteroatoms. The monoisotopic (exact) mass is 272 g/mol. The Morgan fingerprint density at radius 1 is 0.800 bits per heavy atom. The SMILES string of the molecule is COC(=O)C1=C(C(=O)OC)[C@H]2C3C4[C@H]5C=C[C@H]4[C@@H]2[C@H]5[C@H]13. The van der Waals surface area contributed by atoms with Crippen LogP contribution < -0.4 is 0 Å². The Morgan fingerprint density at radius 3 is 1.65 bits per heavy atom. The molecule has 0 amide bonds. The molecule has 6 rings (SSSR count). The van der Waals surface area contributed by atoms with Crippen molar-refractivity contribution < 1.29 is 19.1 Å². The summed E-state index contributed by atoms with van der Waals surface area (Å²) in [6.45, 7) is 0. The van der Waals surface area contributed by atoms with E-state index >= 15 is 0 Å². The van der Waals surface area contributed by atoms with Crippen LogP contribution in [0.3, 0.4) is 0 Å². The minimum absolute atomic E-state index is 0.239. The maximum atomic E-state index is 12.2. The Balaban J connectivity index is 1.68. The average Bonchev–Trinajstić information content (AvgIpc) is 3.23. The largest absolute Gasteiger partial charge is 0.466 e. The van der Waals surface area contributed by atoms with Crippen molar-refractivity contribution in [1.29, 1.82) is 0 Å². The number of hydrogen-bond donors (Lipinski definition) is 0. The fourth-order valence-corrected chi connectivity index (χ4v) is 6.58. The first kappa shape index (κ1) is 11.1. The van der Waals surface area contributed by atoms with Crippen LogP contribution in [0, 0.1) is 47.3 Å². The van der Waals surface area contributed by atoms with Gasteiger partial charge >= 0.3 is 11.9 Å². The summed E-state index contributed by atoms with van der Waals surface area (Å²) in [6, 6.07) is 0. The van der Waals surface area contributed by atoms with Crippen LogP contribution in [0.5, 0.6) is 0 Å². The van der Waals surface area contributed by atoms with Crippen LogP contribution in [-0.2, 0) is 19.1 Å². The summed E-state index contributed by atoms with van der Waals surface area (Å²) in [5.74, 6) is 3.35. The molecule has 0 heterocycles. The lowest BCUT2D eigenvalue weighted by Gasteiger charge is -2.33. The predicted octanol–water partition coefficient (Wildman–Crippen LogP) is 1.18. The van der Waals surface area contributed by atoms with Gasteiger partial charge in [-0.2, -0.15) is 0 Å². The number of esters is 2. The van der Waals surface area contributed by atoms with Gasteiger partial charge in [0.05, 0.1) is 25.4 Å². The van der Waals surface area contributed by atoms with Crippen LogP contribution >= 0.6 is 0 Å². The molecule has 0 aromatic rings. The molecule has 8 atom stereocenters. The molecule has 0 N–H and O–H groups in total. The highest BCUT2D eigenvalue weighted by molar-refractivity contribution is 6.03. The van der Waals surface area contributed by atoms with E-state index in [4.69, 9.17) is 9.47 Å². The van der Waals surface area contributed by atoms with Crippen molar-refractivity contribution in [2.24, 2.45) is 47.3 Å². The lowest BCUT2D eigenvalue weighted by Crippen LogP contribution is -2.33. The third-order valence-corrected chi connectivity index (χ3v) is 6.65. The Bertz CT molecular complexity index is 566. The second kappa shape index (κ2) is 3.18. The molecule has 0 saturated heterocycles. The molecular formula is C16H16O4. The summed E-state index contributed by atoms with van der Waals surface area (Å²) in [7, 11) is 2.79. The van der Waals surface area contributed by atoms with E-state index in [-0.39, 0.29) is 23.8 Å². The second-order valence-corrected chi connectivity index (χ2v) is 6.71. The molecule has 4 saturated carbocycles. The van der Waals surface area contributed by atoms with Crippen molar-refractivity contribution in [1.82, 2.24) is 0 Å². The van der Waals surface area contributed by atoms with Crippen molar-refractivity contribution in [2.45, 2.75) is 0 Å². The normalized spacial score (nSPS) is 51.5. The van der Waals surface area contributed by atoms with Gasteiger partial charge in [-0.25, -0.2) is 9.59 Å². The molecule has 0 aromatic carbocycles. The molecule has 0 radical (unpaired) electrons.